The lowest BCUT2D eigenvalue weighted by Gasteiger charge is -2.11. The number of hydrogen-bond donors (Lipinski definition) is 0. The van der Waals surface area contributed by atoms with Crippen LogP contribution in [0.2, 0.25) is 10.0 Å². The molecule has 2 rings (SSSR count). The van der Waals surface area contributed by atoms with E-state index in [0.717, 1.165) is 24.4 Å². The first-order chi connectivity index (χ1) is 9.17. The summed E-state index contributed by atoms with van der Waals surface area (Å²) in [5.41, 5.74) is 0.894. The van der Waals surface area contributed by atoms with Gasteiger partial charge in [0.25, 0.3) is 0 Å². The van der Waals surface area contributed by atoms with Gasteiger partial charge in [-0.25, -0.2) is 4.98 Å². The molecule has 1 aromatic heterocycles. The lowest BCUT2D eigenvalue weighted by atomic mass is 10.2. The zero-order valence-electron chi connectivity index (χ0n) is 11.0. The van der Waals surface area contributed by atoms with E-state index in [1.165, 1.54) is 0 Å². The summed E-state index contributed by atoms with van der Waals surface area (Å²) in [4.78, 5) is 4.34. The minimum atomic E-state index is 0.515. The summed E-state index contributed by atoms with van der Waals surface area (Å²) in [6.07, 6.45) is 4.61. The van der Waals surface area contributed by atoms with Crippen LogP contribution in [0.25, 0.3) is 11.4 Å². The van der Waals surface area contributed by atoms with E-state index in [9.17, 15) is 0 Å². The van der Waals surface area contributed by atoms with Gasteiger partial charge in [-0.2, -0.15) is 0 Å². The van der Waals surface area contributed by atoms with Gasteiger partial charge in [-0.3, -0.25) is 0 Å². The molecule has 0 N–H and O–H groups in total. The number of halogens is 2. The molecule has 19 heavy (non-hydrogen) atoms. The Balaban J connectivity index is 2.39. The van der Waals surface area contributed by atoms with Crippen molar-refractivity contribution in [3.05, 3.63) is 34.6 Å². The average molecular weight is 299 g/mol. The van der Waals surface area contributed by atoms with Crippen molar-refractivity contribution in [2.75, 3.05) is 6.61 Å². The Morgan fingerprint density at radius 3 is 2.47 bits per heavy atom. The van der Waals surface area contributed by atoms with Crippen molar-refractivity contribution in [1.82, 2.24) is 9.55 Å². The van der Waals surface area contributed by atoms with Gasteiger partial charge in [0.2, 0.25) is 0 Å². The van der Waals surface area contributed by atoms with Crippen molar-refractivity contribution in [3.8, 4) is 17.1 Å². The predicted molar refractivity (Wildman–Crippen MR) is 79.1 cm³/mol. The van der Waals surface area contributed by atoms with E-state index in [1.807, 2.05) is 29.8 Å². The monoisotopic (exact) mass is 298 g/mol. The summed E-state index contributed by atoms with van der Waals surface area (Å²) in [6, 6.07) is 3.68. The van der Waals surface area contributed by atoms with E-state index in [-0.39, 0.29) is 0 Å². The molecule has 102 valence electrons. The fraction of sp³-hybridized carbons (Fsp3) is 0.357. The van der Waals surface area contributed by atoms with E-state index in [0.29, 0.717) is 22.4 Å². The maximum absolute atomic E-state index is 6.24. The summed E-state index contributed by atoms with van der Waals surface area (Å²) in [6.45, 7) is 5.54. The number of ether oxygens (including phenoxy) is 1. The Kier molecular flexibility index (Phi) is 4.72. The molecule has 0 fully saturated rings. The highest BCUT2D eigenvalue weighted by Gasteiger charge is 2.13. The first kappa shape index (κ1) is 14.2. The van der Waals surface area contributed by atoms with Crippen molar-refractivity contribution >= 4 is 23.2 Å². The number of benzene rings is 1. The minimum absolute atomic E-state index is 0.515. The highest BCUT2D eigenvalue weighted by Crippen LogP contribution is 2.37. The standard InChI is InChI=1S/C14H16Cl2N2O/c1-3-7-19-13-11(15)8-10(9-12(13)16)14-17-5-6-18(14)4-2/h5-6,8-9H,3-4,7H2,1-2H3. The lowest BCUT2D eigenvalue weighted by Crippen LogP contribution is -1.99. The Labute approximate surface area is 123 Å². The minimum Gasteiger partial charge on any atom is -0.490 e. The summed E-state index contributed by atoms with van der Waals surface area (Å²) >= 11 is 12.5. The highest BCUT2D eigenvalue weighted by atomic mass is 35.5. The SMILES string of the molecule is CCCOc1c(Cl)cc(-c2nccn2CC)cc1Cl. The van der Waals surface area contributed by atoms with Crippen LogP contribution in [0, 0.1) is 0 Å². The van der Waals surface area contributed by atoms with E-state index < -0.39 is 0 Å². The third-order valence-electron chi connectivity index (χ3n) is 2.76. The molecule has 1 aromatic carbocycles. The highest BCUT2D eigenvalue weighted by molar-refractivity contribution is 6.37. The number of hydrogen-bond acceptors (Lipinski definition) is 2. The molecule has 0 saturated heterocycles. The number of nitrogens with zero attached hydrogens (tertiary/aromatic N) is 2. The molecule has 5 heteroatoms. The maximum Gasteiger partial charge on any atom is 0.156 e. The number of aromatic nitrogens is 2. The van der Waals surface area contributed by atoms with Crippen molar-refractivity contribution in [2.24, 2.45) is 0 Å². The van der Waals surface area contributed by atoms with Crippen molar-refractivity contribution in [1.29, 1.82) is 0 Å². The van der Waals surface area contributed by atoms with Crippen molar-refractivity contribution in [2.45, 2.75) is 26.8 Å². The average Bonchev–Trinajstić information content (AvgIpc) is 2.86. The Morgan fingerprint density at radius 2 is 1.89 bits per heavy atom. The van der Waals surface area contributed by atoms with Gasteiger partial charge in [-0.15, -0.1) is 0 Å². The third-order valence-corrected chi connectivity index (χ3v) is 3.32. The summed E-state index contributed by atoms with van der Waals surface area (Å²) in [5, 5.41) is 1.03. The molecule has 2 aromatic rings. The van der Waals surface area contributed by atoms with Gasteiger partial charge >= 0.3 is 0 Å². The van der Waals surface area contributed by atoms with E-state index >= 15 is 0 Å². The molecular formula is C14H16Cl2N2O. The van der Waals surface area contributed by atoms with Gasteiger partial charge < -0.3 is 9.30 Å². The number of rotatable bonds is 5. The van der Waals surface area contributed by atoms with Gasteiger partial charge in [-0.05, 0) is 25.5 Å². The number of aryl methyl sites for hydroxylation is 1. The molecule has 0 aliphatic heterocycles. The van der Waals surface area contributed by atoms with Gasteiger partial charge in [0.1, 0.15) is 5.82 Å². The first-order valence-corrected chi connectivity index (χ1v) is 7.06. The Bertz CT molecular complexity index is 543. The maximum atomic E-state index is 6.24. The van der Waals surface area contributed by atoms with Gasteiger partial charge in [0.15, 0.2) is 5.75 Å². The van der Waals surface area contributed by atoms with Crippen LogP contribution in [0.15, 0.2) is 24.5 Å². The van der Waals surface area contributed by atoms with Crippen LogP contribution in [0.5, 0.6) is 5.75 Å². The van der Waals surface area contributed by atoms with Gasteiger partial charge in [-0.1, -0.05) is 30.1 Å². The van der Waals surface area contributed by atoms with Crippen LogP contribution in [-0.4, -0.2) is 16.2 Å². The zero-order chi connectivity index (χ0) is 13.8. The van der Waals surface area contributed by atoms with Crippen molar-refractivity contribution in [3.63, 3.8) is 0 Å². The topological polar surface area (TPSA) is 27.1 Å². The van der Waals surface area contributed by atoms with Crippen molar-refractivity contribution < 1.29 is 4.74 Å². The zero-order valence-corrected chi connectivity index (χ0v) is 12.5. The van der Waals surface area contributed by atoms with Crippen LogP contribution < -0.4 is 4.74 Å². The van der Waals surface area contributed by atoms with E-state index in [2.05, 4.69) is 11.9 Å². The van der Waals surface area contributed by atoms with E-state index in [1.54, 1.807) is 6.20 Å². The van der Waals surface area contributed by atoms with E-state index in [4.69, 9.17) is 27.9 Å². The van der Waals surface area contributed by atoms with Crippen LogP contribution in [0.3, 0.4) is 0 Å². The normalized spacial score (nSPS) is 10.7. The Morgan fingerprint density at radius 1 is 1.21 bits per heavy atom. The van der Waals surface area contributed by atoms with Gasteiger partial charge in [0, 0.05) is 24.5 Å². The van der Waals surface area contributed by atoms with Crippen LogP contribution in [0.1, 0.15) is 20.3 Å². The smallest absolute Gasteiger partial charge is 0.156 e. The molecule has 0 saturated carbocycles. The Hall–Kier alpha value is -1.19. The summed E-state index contributed by atoms with van der Waals surface area (Å²) < 4.78 is 7.59. The quantitative estimate of drug-likeness (QED) is 0.802. The summed E-state index contributed by atoms with van der Waals surface area (Å²) in [7, 11) is 0. The molecule has 3 nitrogen and oxygen atoms in total. The third kappa shape index (κ3) is 3.04. The molecular weight excluding hydrogens is 283 g/mol. The molecule has 0 aliphatic carbocycles. The van der Waals surface area contributed by atoms with Crippen LogP contribution in [0.4, 0.5) is 0 Å². The molecule has 0 radical (unpaired) electrons. The molecule has 0 unspecified atom stereocenters. The molecule has 0 spiro atoms. The lowest BCUT2D eigenvalue weighted by molar-refractivity contribution is 0.318. The van der Waals surface area contributed by atoms with Gasteiger partial charge in [0.05, 0.1) is 16.7 Å². The molecule has 0 atom stereocenters. The predicted octanol–water partition coefficient (Wildman–Crippen LogP) is 4.67. The largest absolute Gasteiger partial charge is 0.490 e. The number of imidazole rings is 1. The first-order valence-electron chi connectivity index (χ1n) is 6.30. The second kappa shape index (κ2) is 6.31. The molecule has 0 amide bonds. The van der Waals surface area contributed by atoms with Crippen LogP contribution >= 0.6 is 23.2 Å². The fourth-order valence-corrected chi connectivity index (χ4v) is 2.45. The second-order valence-electron chi connectivity index (χ2n) is 4.15. The summed E-state index contributed by atoms with van der Waals surface area (Å²) in [5.74, 6) is 1.40. The molecule has 0 aliphatic rings. The van der Waals surface area contributed by atoms with Crippen LogP contribution in [-0.2, 0) is 6.54 Å². The molecule has 0 bridgehead atoms. The molecule has 1 heterocycles. The fourth-order valence-electron chi connectivity index (χ4n) is 1.86. The second-order valence-corrected chi connectivity index (χ2v) is 4.97.